The van der Waals surface area contributed by atoms with Gasteiger partial charge in [0.1, 0.15) is 0 Å². The standard InChI is InChI=1S/C20H34N4O3S/c1-5-21-19(23-16-20(2,3)24-12-14-27-15-13-24)22-11-10-17-6-8-18(9-7-17)28(4,25)26/h6-9H,5,10-16H2,1-4H3,(H2,21,22,23). The molecule has 1 saturated heterocycles. The van der Waals surface area contributed by atoms with Crippen molar-refractivity contribution in [1.82, 2.24) is 15.5 Å². The van der Waals surface area contributed by atoms with E-state index in [1.54, 1.807) is 12.1 Å². The van der Waals surface area contributed by atoms with Gasteiger partial charge in [-0.25, -0.2) is 8.42 Å². The Hall–Kier alpha value is -1.64. The van der Waals surface area contributed by atoms with Gasteiger partial charge in [0.2, 0.25) is 0 Å². The van der Waals surface area contributed by atoms with Gasteiger partial charge in [-0.05, 0) is 44.9 Å². The smallest absolute Gasteiger partial charge is 0.191 e. The highest BCUT2D eigenvalue weighted by Crippen LogP contribution is 2.16. The van der Waals surface area contributed by atoms with Gasteiger partial charge in [-0.1, -0.05) is 12.1 Å². The summed E-state index contributed by atoms with van der Waals surface area (Å²) in [7, 11) is -3.15. The van der Waals surface area contributed by atoms with E-state index in [0.717, 1.165) is 57.3 Å². The van der Waals surface area contributed by atoms with Crippen molar-refractivity contribution in [3.8, 4) is 0 Å². The highest BCUT2D eigenvalue weighted by atomic mass is 32.2. The van der Waals surface area contributed by atoms with Crippen molar-refractivity contribution in [2.75, 3.05) is 52.2 Å². The number of sulfone groups is 1. The van der Waals surface area contributed by atoms with Gasteiger partial charge in [0, 0.05) is 38.0 Å². The highest BCUT2D eigenvalue weighted by Gasteiger charge is 2.28. The summed E-state index contributed by atoms with van der Waals surface area (Å²) in [5.41, 5.74) is 1.07. The fourth-order valence-corrected chi connectivity index (χ4v) is 3.74. The number of aliphatic imine (C=N–C) groups is 1. The van der Waals surface area contributed by atoms with Gasteiger partial charge in [0.05, 0.1) is 24.7 Å². The molecule has 1 aromatic rings. The lowest BCUT2D eigenvalue weighted by Gasteiger charge is -2.39. The van der Waals surface area contributed by atoms with Crippen molar-refractivity contribution < 1.29 is 13.2 Å². The molecule has 2 rings (SSSR count). The van der Waals surface area contributed by atoms with Crippen LogP contribution in [0.25, 0.3) is 0 Å². The molecule has 0 aliphatic carbocycles. The molecule has 0 saturated carbocycles. The monoisotopic (exact) mass is 410 g/mol. The lowest BCUT2D eigenvalue weighted by atomic mass is 10.0. The molecule has 0 spiro atoms. The zero-order valence-corrected chi connectivity index (χ0v) is 18.3. The minimum absolute atomic E-state index is 0.0202. The summed E-state index contributed by atoms with van der Waals surface area (Å²) in [6.45, 7) is 12.1. The molecule has 8 heteroatoms. The maximum absolute atomic E-state index is 11.5. The Labute approximate surface area is 169 Å². The molecule has 1 aliphatic heterocycles. The van der Waals surface area contributed by atoms with Crippen molar-refractivity contribution in [2.45, 2.75) is 37.6 Å². The van der Waals surface area contributed by atoms with Crippen molar-refractivity contribution in [3.63, 3.8) is 0 Å². The largest absolute Gasteiger partial charge is 0.379 e. The summed E-state index contributed by atoms with van der Waals surface area (Å²) >= 11 is 0. The van der Waals surface area contributed by atoms with E-state index in [9.17, 15) is 8.42 Å². The van der Waals surface area contributed by atoms with Crippen molar-refractivity contribution >= 4 is 15.8 Å². The van der Waals surface area contributed by atoms with Crippen LogP contribution in [0.15, 0.2) is 34.2 Å². The van der Waals surface area contributed by atoms with E-state index in [1.807, 2.05) is 19.1 Å². The molecule has 0 radical (unpaired) electrons. The van der Waals surface area contributed by atoms with Crippen LogP contribution in [0.3, 0.4) is 0 Å². The van der Waals surface area contributed by atoms with Crippen LogP contribution in [0, 0.1) is 0 Å². The zero-order chi connectivity index (χ0) is 20.6. The molecular formula is C20H34N4O3S. The molecule has 1 fully saturated rings. The maximum Gasteiger partial charge on any atom is 0.191 e. The lowest BCUT2D eigenvalue weighted by Crippen LogP contribution is -2.52. The van der Waals surface area contributed by atoms with Gasteiger partial charge in [-0.3, -0.25) is 9.89 Å². The van der Waals surface area contributed by atoms with Crippen LogP contribution in [-0.4, -0.2) is 77.0 Å². The van der Waals surface area contributed by atoms with Crippen LogP contribution in [0.5, 0.6) is 0 Å². The van der Waals surface area contributed by atoms with Crippen LogP contribution >= 0.6 is 0 Å². The first kappa shape index (κ1) is 22.6. The number of morpholine rings is 1. The third kappa shape index (κ3) is 7.07. The number of benzene rings is 1. The third-order valence-corrected chi connectivity index (χ3v) is 6.02. The number of nitrogens with zero attached hydrogens (tertiary/aromatic N) is 2. The van der Waals surface area contributed by atoms with Crippen LogP contribution in [0.4, 0.5) is 0 Å². The molecule has 7 nitrogen and oxygen atoms in total. The second-order valence-corrected chi connectivity index (χ2v) is 9.72. The van der Waals surface area contributed by atoms with E-state index in [4.69, 9.17) is 9.73 Å². The number of nitrogens with one attached hydrogen (secondary N) is 2. The van der Waals surface area contributed by atoms with Gasteiger partial charge in [0.25, 0.3) is 0 Å². The molecule has 1 aromatic carbocycles. The van der Waals surface area contributed by atoms with E-state index in [2.05, 4.69) is 29.4 Å². The SMILES string of the molecule is CCNC(=NCC(C)(C)N1CCOCC1)NCCc1ccc(S(C)(=O)=O)cc1. The predicted octanol–water partition coefficient (Wildman–Crippen LogP) is 1.30. The average Bonchev–Trinajstić information content (AvgIpc) is 2.66. The summed E-state index contributed by atoms with van der Waals surface area (Å²) in [5.74, 6) is 0.802. The van der Waals surface area contributed by atoms with E-state index in [1.165, 1.54) is 6.26 Å². The summed E-state index contributed by atoms with van der Waals surface area (Å²) in [4.78, 5) is 7.55. The summed E-state index contributed by atoms with van der Waals surface area (Å²) in [5, 5.41) is 6.66. The Kier molecular flexibility index (Phi) is 8.27. The Balaban J connectivity index is 1.88. The molecule has 0 bridgehead atoms. The fraction of sp³-hybridized carbons (Fsp3) is 0.650. The second kappa shape index (κ2) is 10.2. The predicted molar refractivity (Wildman–Crippen MR) is 114 cm³/mol. The summed E-state index contributed by atoms with van der Waals surface area (Å²) in [6, 6.07) is 7.05. The van der Waals surface area contributed by atoms with Crippen molar-refractivity contribution in [1.29, 1.82) is 0 Å². The van der Waals surface area contributed by atoms with Crippen LogP contribution in [-0.2, 0) is 21.0 Å². The molecule has 1 heterocycles. The van der Waals surface area contributed by atoms with Gasteiger partial charge >= 0.3 is 0 Å². The average molecular weight is 411 g/mol. The number of guanidine groups is 1. The second-order valence-electron chi connectivity index (χ2n) is 7.70. The van der Waals surface area contributed by atoms with Crippen molar-refractivity contribution in [3.05, 3.63) is 29.8 Å². The van der Waals surface area contributed by atoms with E-state index >= 15 is 0 Å². The quantitative estimate of drug-likeness (QED) is 0.497. The van der Waals surface area contributed by atoms with Gasteiger partial charge in [-0.2, -0.15) is 0 Å². The molecule has 0 unspecified atom stereocenters. The molecular weight excluding hydrogens is 376 g/mol. The topological polar surface area (TPSA) is 83.0 Å². The van der Waals surface area contributed by atoms with Gasteiger partial charge in [-0.15, -0.1) is 0 Å². The first-order chi connectivity index (χ1) is 13.2. The number of hydrogen-bond donors (Lipinski definition) is 2. The summed E-state index contributed by atoms with van der Waals surface area (Å²) < 4.78 is 28.5. The Morgan fingerprint density at radius 2 is 1.82 bits per heavy atom. The zero-order valence-electron chi connectivity index (χ0n) is 17.5. The molecule has 1 aliphatic rings. The first-order valence-electron chi connectivity index (χ1n) is 9.86. The normalized spacial score (nSPS) is 16.8. The van der Waals surface area contributed by atoms with E-state index in [-0.39, 0.29) is 5.54 Å². The number of rotatable bonds is 8. The molecule has 158 valence electrons. The number of hydrogen-bond acceptors (Lipinski definition) is 5. The highest BCUT2D eigenvalue weighted by molar-refractivity contribution is 7.90. The minimum atomic E-state index is -3.15. The molecule has 28 heavy (non-hydrogen) atoms. The van der Waals surface area contributed by atoms with Gasteiger partial charge in [0.15, 0.2) is 15.8 Å². The summed E-state index contributed by atoms with van der Waals surface area (Å²) in [6.07, 6.45) is 2.02. The lowest BCUT2D eigenvalue weighted by molar-refractivity contribution is -0.00683. The van der Waals surface area contributed by atoms with Crippen LogP contribution < -0.4 is 10.6 Å². The van der Waals surface area contributed by atoms with Crippen LogP contribution in [0.1, 0.15) is 26.3 Å². The Morgan fingerprint density at radius 1 is 1.18 bits per heavy atom. The minimum Gasteiger partial charge on any atom is -0.379 e. The molecule has 2 N–H and O–H groups in total. The van der Waals surface area contributed by atoms with Gasteiger partial charge < -0.3 is 15.4 Å². The maximum atomic E-state index is 11.5. The Morgan fingerprint density at radius 3 is 2.39 bits per heavy atom. The van der Waals surface area contributed by atoms with E-state index in [0.29, 0.717) is 11.4 Å². The van der Waals surface area contributed by atoms with E-state index < -0.39 is 9.84 Å². The molecule has 0 atom stereocenters. The first-order valence-corrected chi connectivity index (χ1v) is 11.8. The van der Waals surface area contributed by atoms with Crippen molar-refractivity contribution in [2.24, 2.45) is 4.99 Å². The number of ether oxygens (including phenoxy) is 1. The molecule has 0 amide bonds. The Bertz CT molecular complexity index is 739. The third-order valence-electron chi connectivity index (χ3n) is 4.89. The van der Waals surface area contributed by atoms with Crippen LogP contribution in [0.2, 0.25) is 0 Å². The fourth-order valence-electron chi connectivity index (χ4n) is 3.11. The molecule has 0 aromatic heterocycles.